The van der Waals surface area contributed by atoms with E-state index in [0.717, 1.165) is 12.8 Å². The molecule has 3 N–H and O–H groups in total. The smallest absolute Gasteiger partial charge is 0.282 e. The number of nitrogens with one attached hydrogen (secondary N) is 1. The van der Waals surface area contributed by atoms with E-state index in [-0.39, 0.29) is 22.7 Å². The summed E-state index contributed by atoms with van der Waals surface area (Å²) < 4.78 is 0. The van der Waals surface area contributed by atoms with Crippen LogP contribution < -0.4 is 11.3 Å². The van der Waals surface area contributed by atoms with Gasteiger partial charge in [0.25, 0.3) is 11.6 Å². The zero-order chi connectivity index (χ0) is 14.9. The number of nitrogens with zero attached hydrogens (tertiary/aromatic N) is 2. The summed E-state index contributed by atoms with van der Waals surface area (Å²) in [7, 11) is 0. The first-order chi connectivity index (χ1) is 9.36. The van der Waals surface area contributed by atoms with Gasteiger partial charge in [-0.2, -0.15) is 0 Å². The molecule has 1 fully saturated rings. The first kappa shape index (κ1) is 14.3. The number of likely N-dealkylation sites (tertiary alicyclic amines) is 1. The second-order valence-electron chi connectivity index (χ2n) is 5.51. The fourth-order valence-corrected chi connectivity index (χ4v) is 2.59. The molecule has 1 aromatic rings. The number of carbonyl (C=O) groups excluding carboxylic acids is 1. The fourth-order valence-electron chi connectivity index (χ4n) is 2.59. The summed E-state index contributed by atoms with van der Waals surface area (Å²) in [5, 5.41) is 11.1. The van der Waals surface area contributed by atoms with Gasteiger partial charge < -0.3 is 10.3 Å². The lowest BCUT2D eigenvalue weighted by Gasteiger charge is -2.31. The number of nitro groups is 1. The van der Waals surface area contributed by atoms with Gasteiger partial charge in [0, 0.05) is 23.8 Å². The van der Waals surface area contributed by atoms with E-state index in [2.05, 4.69) is 5.43 Å². The van der Waals surface area contributed by atoms with Crippen molar-refractivity contribution in [2.75, 3.05) is 12.0 Å². The first-order valence-electron chi connectivity index (χ1n) is 6.44. The van der Waals surface area contributed by atoms with Crippen molar-refractivity contribution in [3.63, 3.8) is 0 Å². The van der Waals surface area contributed by atoms with Gasteiger partial charge in [-0.05, 0) is 38.8 Å². The number of nitrogens with two attached hydrogens (primary N) is 1. The van der Waals surface area contributed by atoms with Gasteiger partial charge in [-0.25, -0.2) is 0 Å². The second kappa shape index (κ2) is 5.09. The lowest BCUT2D eigenvalue weighted by atomic mass is 10.0. The summed E-state index contributed by atoms with van der Waals surface area (Å²) in [5.41, 5.74) is 2.47. The van der Waals surface area contributed by atoms with Crippen molar-refractivity contribution >= 4 is 17.3 Å². The summed E-state index contributed by atoms with van der Waals surface area (Å²) in [4.78, 5) is 24.8. The Morgan fingerprint density at radius 3 is 2.70 bits per heavy atom. The molecule has 0 spiro atoms. The standard InChI is InChI=1S/C13H18N4O3/c1-13(2)6-3-7-16(13)12(18)10-8-9(15-14)4-5-11(10)17(19)20/h4-5,8,15H,3,6-7,14H2,1-2H3. The molecule has 1 saturated heterocycles. The van der Waals surface area contributed by atoms with Gasteiger partial charge in [0.15, 0.2) is 0 Å². The highest BCUT2D eigenvalue weighted by Gasteiger charge is 2.38. The van der Waals surface area contributed by atoms with Crippen LogP contribution in [0.15, 0.2) is 18.2 Å². The molecule has 0 aliphatic carbocycles. The van der Waals surface area contributed by atoms with Crippen molar-refractivity contribution < 1.29 is 9.72 Å². The van der Waals surface area contributed by atoms with Gasteiger partial charge >= 0.3 is 0 Å². The highest BCUT2D eigenvalue weighted by Crippen LogP contribution is 2.32. The zero-order valence-electron chi connectivity index (χ0n) is 11.5. The van der Waals surface area contributed by atoms with Gasteiger partial charge in [-0.1, -0.05) is 0 Å². The van der Waals surface area contributed by atoms with Crippen molar-refractivity contribution in [3.05, 3.63) is 33.9 Å². The van der Waals surface area contributed by atoms with Crippen molar-refractivity contribution in [2.24, 2.45) is 5.84 Å². The maximum absolute atomic E-state index is 12.6. The van der Waals surface area contributed by atoms with Crippen LogP contribution >= 0.6 is 0 Å². The molecule has 1 aliphatic heterocycles. The van der Waals surface area contributed by atoms with E-state index in [1.165, 1.54) is 18.2 Å². The third kappa shape index (κ3) is 2.44. The maximum Gasteiger partial charge on any atom is 0.282 e. The van der Waals surface area contributed by atoms with E-state index in [9.17, 15) is 14.9 Å². The Morgan fingerprint density at radius 2 is 2.20 bits per heavy atom. The Kier molecular flexibility index (Phi) is 3.63. The number of amides is 1. The summed E-state index contributed by atoms with van der Waals surface area (Å²) in [6.07, 6.45) is 1.79. The minimum absolute atomic E-state index is 0.0698. The molecule has 0 bridgehead atoms. The molecule has 0 saturated carbocycles. The van der Waals surface area contributed by atoms with E-state index < -0.39 is 4.92 Å². The minimum atomic E-state index is -0.545. The fraction of sp³-hybridized carbons (Fsp3) is 0.462. The molecule has 0 aromatic heterocycles. The number of hydrogen-bond donors (Lipinski definition) is 2. The quantitative estimate of drug-likeness (QED) is 0.499. The molecule has 7 heteroatoms. The first-order valence-corrected chi connectivity index (χ1v) is 6.44. The van der Waals surface area contributed by atoms with Crippen LogP contribution in [0.1, 0.15) is 37.0 Å². The SMILES string of the molecule is CC1(C)CCCN1C(=O)c1cc(NN)ccc1[N+](=O)[O-]. The van der Waals surface area contributed by atoms with E-state index in [4.69, 9.17) is 5.84 Å². The van der Waals surface area contributed by atoms with Crippen molar-refractivity contribution in [2.45, 2.75) is 32.2 Å². The normalized spacial score (nSPS) is 17.1. The van der Waals surface area contributed by atoms with Gasteiger partial charge in [-0.3, -0.25) is 20.8 Å². The van der Waals surface area contributed by atoms with E-state index in [0.29, 0.717) is 12.2 Å². The van der Waals surface area contributed by atoms with Gasteiger partial charge in [0.05, 0.1) is 4.92 Å². The third-order valence-electron chi connectivity index (χ3n) is 3.74. The van der Waals surface area contributed by atoms with Crippen molar-refractivity contribution in [3.8, 4) is 0 Å². The summed E-state index contributed by atoms with van der Waals surface area (Å²) >= 11 is 0. The number of anilines is 1. The number of carbonyl (C=O) groups is 1. The van der Waals surface area contributed by atoms with Crippen LogP contribution in [0.3, 0.4) is 0 Å². The van der Waals surface area contributed by atoms with Gasteiger partial charge in [0.2, 0.25) is 0 Å². The van der Waals surface area contributed by atoms with Crippen molar-refractivity contribution in [1.29, 1.82) is 0 Å². The Labute approximate surface area is 116 Å². The molecular weight excluding hydrogens is 260 g/mol. The van der Waals surface area contributed by atoms with Crippen LogP contribution in [0.2, 0.25) is 0 Å². The monoisotopic (exact) mass is 278 g/mol. The van der Waals surface area contributed by atoms with E-state index in [1.807, 2.05) is 13.8 Å². The minimum Gasteiger partial charge on any atom is -0.333 e. The Morgan fingerprint density at radius 1 is 1.50 bits per heavy atom. The van der Waals surface area contributed by atoms with Crippen LogP contribution in [0.4, 0.5) is 11.4 Å². The molecule has 108 valence electrons. The number of hydrazine groups is 1. The van der Waals surface area contributed by atoms with E-state index >= 15 is 0 Å². The lowest BCUT2D eigenvalue weighted by Crippen LogP contribution is -2.42. The Hall–Kier alpha value is -2.15. The van der Waals surface area contributed by atoms with Crippen LogP contribution in [-0.4, -0.2) is 27.8 Å². The second-order valence-corrected chi connectivity index (χ2v) is 5.51. The Bertz CT molecular complexity index is 557. The van der Waals surface area contributed by atoms with Gasteiger partial charge in [-0.15, -0.1) is 0 Å². The average Bonchev–Trinajstić information content (AvgIpc) is 2.76. The number of benzene rings is 1. The van der Waals surface area contributed by atoms with E-state index in [1.54, 1.807) is 4.90 Å². The highest BCUT2D eigenvalue weighted by atomic mass is 16.6. The van der Waals surface area contributed by atoms with Crippen LogP contribution in [0, 0.1) is 10.1 Å². The molecule has 1 aromatic carbocycles. The number of hydrogen-bond acceptors (Lipinski definition) is 5. The molecule has 7 nitrogen and oxygen atoms in total. The maximum atomic E-state index is 12.6. The summed E-state index contributed by atoms with van der Waals surface area (Å²) in [5.74, 6) is 4.98. The highest BCUT2D eigenvalue weighted by molar-refractivity contribution is 5.99. The third-order valence-corrected chi connectivity index (χ3v) is 3.74. The topological polar surface area (TPSA) is 102 Å². The van der Waals surface area contributed by atoms with Crippen molar-refractivity contribution in [1.82, 2.24) is 4.90 Å². The molecule has 1 amide bonds. The summed E-state index contributed by atoms with van der Waals surface area (Å²) in [6.45, 7) is 4.55. The lowest BCUT2D eigenvalue weighted by molar-refractivity contribution is -0.385. The van der Waals surface area contributed by atoms with Gasteiger partial charge in [0.1, 0.15) is 5.56 Å². The number of nitro benzene ring substituents is 1. The van der Waals surface area contributed by atoms with Crippen LogP contribution in [0.5, 0.6) is 0 Å². The predicted molar refractivity (Wildman–Crippen MR) is 75.3 cm³/mol. The molecular formula is C13H18N4O3. The summed E-state index contributed by atoms with van der Waals surface area (Å²) in [6, 6.07) is 4.20. The van der Waals surface area contributed by atoms with Crippen LogP contribution in [-0.2, 0) is 0 Å². The largest absolute Gasteiger partial charge is 0.333 e. The molecule has 1 aliphatic rings. The predicted octanol–water partition coefficient (Wildman–Crippen LogP) is 1.90. The molecule has 0 radical (unpaired) electrons. The zero-order valence-corrected chi connectivity index (χ0v) is 11.5. The number of rotatable bonds is 3. The molecule has 0 atom stereocenters. The average molecular weight is 278 g/mol. The Balaban J connectivity index is 2.45. The molecule has 2 rings (SSSR count). The molecule has 20 heavy (non-hydrogen) atoms. The number of nitrogen functional groups attached to an aromatic ring is 1. The molecule has 1 heterocycles. The van der Waals surface area contributed by atoms with Crippen LogP contribution in [0.25, 0.3) is 0 Å². The molecule has 0 unspecified atom stereocenters.